The van der Waals surface area contributed by atoms with E-state index in [0.29, 0.717) is 17.1 Å². The van der Waals surface area contributed by atoms with E-state index in [0.717, 1.165) is 4.88 Å². The molecule has 134 valence electrons. The lowest BCUT2D eigenvalue weighted by Crippen LogP contribution is -2.37. The summed E-state index contributed by atoms with van der Waals surface area (Å²) in [4.78, 5) is 29.4. The van der Waals surface area contributed by atoms with E-state index in [1.165, 1.54) is 6.26 Å². The van der Waals surface area contributed by atoms with E-state index in [1.807, 2.05) is 23.6 Å². The van der Waals surface area contributed by atoms with Crippen LogP contribution in [0.4, 0.5) is 0 Å². The average molecular weight is 369 g/mol. The van der Waals surface area contributed by atoms with Gasteiger partial charge >= 0.3 is 0 Å². The number of aromatic nitrogens is 1. The van der Waals surface area contributed by atoms with Crippen molar-refractivity contribution < 1.29 is 14.0 Å². The van der Waals surface area contributed by atoms with Crippen LogP contribution in [0.15, 0.2) is 58.5 Å². The van der Waals surface area contributed by atoms with Crippen LogP contribution >= 0.6 is 11.3 Å². The summed E-state index contributed by atoms with van der Waals surface area (Å²) in [5.74, 6) is 0.197. The Bertz CT molecular complexity index is 859. The summed E-state index contributed by atoms with van der Waals surface area (Å²) in [5.41, 5.74) is 1.23. The number of hydrogen-bond donors (Lipinski definition) is 2. The molecule has 0 spiro atoms. The Morgan fingerprint density at radius 3 is 2.73 bits per heavy atom. The van der Waals surface area contributed by atoms with Crippen molar-refractivity contribution >= 4 is 23.2 Å². The Morgan fingerprint density at radius 2 is 2.00 bits per heavy atom. The number of carbonyl (C=O) groups is 2. The Morgan fingerprint density at radius 1 is 1.19 bits per heavy atom. The van der Waals surface area contributed by atoms with Gasteiger partial charge < -0.3 is 15.1 Å². The SMILES string of the molecule is CC(CC(=O)NCc1coc(-c2cccs2)n1)NC(=O)c1ccccc1. The second-order valence-corrected chi connectivity index (χ2v) is 6.79. The lowest BCUT2D eigenvalue weighted by molar-refractivity contribution is -0.121. The van der Waals surface area contributed by atoms with Gasteiger partial charge in [-0.15, -0.1) is 11.3 Å². The minimum Gasteiger partial charge on any atom is -0.443 e. The fourth-order valence-electron chi connectivity index (χ4n) is 2.39. The maximum absolute atomic E-state index is 12.1. The number of amides is 2. The van der Waals surface area contributed by atoms with Crippen molar-refractivity contribution in [2.75, 3.05) is 0 Å². The molecule has 1 unspecified atom stereocenters. The molecule has 3 rings (SSSR count). The van der Waals surface area contributed by atoms with E-state index in [4.69, 9.17) is 4.42 Å². The van der Waals surface area contributed by atoms with E-state index in [1.54, 1.807) is 42.5 Å². The minimum atomic E-state index is -0.276. The highest BCUT2D eigenvalue weighted by Gasteiger charge is 2.14. The van der Waals surface area contributed by atoms with Crippen LogP contribution in [-0.2, 0) is 11.3 Å². The zero-order valence-electron chi connectivity index (χ0n) is 14.3. The van der Waals surface area contributed by atoms with Crippen molar-refractivity contribution in [1.29, 1.82) is 0 Å². The van der Waals surface area contributed by atoms with Gasteiger partial charge in [-0.3, -0.25) is 9.59 Å². The second-order valence-electron chi connectivity index (χ2n) is 5.84. The summed E-state index contributed by atoms with van der Waals surface area (Å²) < 4.78 is 5.42. The lowest BCUT2D eigenvalue weighted by atomic mass is 10.1. The van der Waals surface area contributed by atoms with E-state index in [2.05, 4.69) is 15.6 Å². The first kappa shape index (κ1) is 17.9. The van der Waals surface area contributed by atoms with E-state index in [-0.39, 0.29) is 30.8 Å². The fraction of sp³-hybridized carbons (Fsp3) is 0.211. The molecule has 2 N–H and O–H groups in total. The number of nitrogens with zero attached hydrogens (tertiary/aromatic N) is 1. The van der Waals surface area contributed by atoms with Crippen molar-refractivity contribution in [2.24, 2.45) is 0 Å². The number of thiophene rings is 1. The molecule has 0 bridgehead atoms. The van der Waals surface area contributed by atoms with Crippen LogP contribution in [0.3, 0.4) is 0 Å². The van der Waals surface area contributed by atoms with Crippen LogP contribution in [0.1, 0.15) is 29.4 Å². The van der Waals surface area contributed by atoms with Crippen LogP contribution in [0, 0.1) is 0 Å². The standard InChI is InChI=1S/C19H19N3O3S/c1-13(21-18(24)14-6-3-2-4-7-14)10-17(23)20-11-15-12-25-19(22-15)16-8-5-9-26-16/h2-9,12-13H,10-11H2,1H3,(H,20,23)(H,21,24). The van der Waals surface area contributed by atoms with Gasteiger partial charge in [-0.05, 0) is 30.5 Å². The molecule has 26 heavy (non-hydrogen) atoms. The molecule has 2 heterocycles. The van der Waals surface area contributed by atoms with E-state index < -0.39 is 0 Å². The van der Waals surface area contributed by atoms with Crippen LogP contribution in [0.5, 0.6) is 0 Å². The van der Waals surface area contributed by atoms with Crippen LogP contribution in [0.2, 0.25) is 0 Å². The third-order valence-electron chi connectivity index (χ3n) is 3.66. The van der Waals surface area contributed by atoms with Gasteiger partial charge in [-0.1, -0.05) is 24.3 Å². The molecule has 7 heteroatoms. The molecule has 0 aliphatic carbocycles. The third-order valence-corrected chi connectivity index (χ3v) is 4.51. The number of nitrogens with one attached hydrogen (secondary N) is 2. The summed E-state index contributed by atoms with van der Waals surface area (Å²) in [6.07, 6.45) is 1.73. The first-order chi connectivity index (χ1) is 12.6. The normalized spacial score (nSPS) is 11.7. The first-order valence-corrected chi connectivity index (χ1v) is 9.10. The first-order valence-electron chi connectivity index (χ1n) is 8.22. The predicted molar refractivity (Wildman–Crippen MR) is 99.6 cm³/mol. The van der Waals surface area contributed by atoms with Crippen molar-refractivity contribution in [3.8, 4) is 10.8 Å². The van der Waals surface area contributed by atoms with Gasteiger partial charge in [0.05, 0.1) is 17.1 Å². The molecule has 0 saturated carbocycles. The highest BCUT2D eigenvalue weighted by atomic mass is 32.1. The topological polar surface area (TPSA) is 84.2 Å². The van der Waals surface area contributed by atoms with Gasteiger partial charge in [0.2, 0.25) is 11.8 Å². The van der Waals surface area contributed by atoms with Crippen LogP contribution in [0.25, 0.3) is 10.8 Å². The monoisotopic (exact) mass is 369 g/mol. The maximum atomic E-state index is 12.1. The highest BCUT2D eigenvalue weighted by molar-refractivity contribution is 7.13. The molecule has 3 aromatic rings. The number of oxazole rings is 1. The maximum Gasteiger partial charge on any atom is 0.251 e. The summed E-state index contributed by atoms with van der Waals surface area (Å²) in [6, 6.07) is 12.5. The van der Waals surface area contributed by atoms with Crippen molar-refractivity contribution in [1.82, 2.24) is 15.6 Å². The molecule has 6 nitrogen and oxygen atoms in total. The summed E-state index contributed by atoms with van der Waals surface area (Å²) in [6.45, 7) is 2.08. The zero-order valence-corrected chi connectivity index (χ0v) is 15.1. The Kier molecular flexibility index (Phi) is 5.80. The van der Waals surface area contributed by atoms with Crippen molar-refractivity contribution in [2.45, 2.75) is 25.9 Å². The van der Waals surface area contributed by atoms with Crippen molar-refractivity contribution in [3.63, 3.8) is 0 Å². The number of carbonyl (C=O) groups excluding carboxylic acids is 2. The molecule has 0 saturated heterocycles. The molecule has 1 aromatic carbocycles. The smallest absolute Gasteiger partial charge is 0.251 e. The van der Waals surface area contributed by atoms with Crippen LogP contribution < -0.4 is 10.6 Å². The Balaban J connectivity index is 1.44. The molecule has 1 atom stereocenters. The molecule has 0 fully saturated rings. The molecule has 2 amide bonds. The summed E-state index contributed by atoms with van der Waals surface area (Å²) in [5, 5.41) is 7.56. The van der Waals surface area contributed by atoms with Gasteiger partial charge in [0, 0.05) is 18.0 Å². The average Bonchev–Trinajstić information content (AvgIpc) is 3.32. The minimum absolute atomic E-state index is 0.161. The van der Waals surface area contributed by atoms with E-state index >= 15 is 0 Å². The second kappa shape index (κ2) is 8.44. The molecule has 0 aliphatic heterocycles. The largest absolute Gasteiger partial charge is 0.443 e. The highest BCUT2D eigenvalue weighted by Crippen LogP contribution is 2.23. The third kappa shape index (κ3) is 4.80. The molecular formula is C19H19N3O3S. The van der Waals surface area contributed by atoms with Gasteiger partial charge in [-0.25, -0.2) is 4.98 Å². The van der Waals surface area contributed by atoms with Gasteiger partial charge in [0.25, 0.3) is 5.91 Å². The Labute approximate surface area is 155 Å². The number of rotatable bonds is 7. The van der Waals surface area contributed by atoms with Crippen LogP contribution in [-0.4, -0.2) is 22.8 Å². The fourth-order valence-corrected chi connectivity index (χ4v) is 3.04. The molecule has 0 radical (unpaired) electrons. The molecule has 2 aromatic heterocycles. The number of benzene rings is 1. The quantitative estimate of drug-likeness (QED) is 0.670. The molecule has 0 aliphatic rings. The van der Waals surface area contributed by atoms with E-state index in [9.17, 15) is 9.59 Å². The predicted octanol–water partition coefficient (Wildman–Crippen LogP) is 3.23. The Hall–Kier alpha value is -2.93. The summed E-state index contributed by atoms with van der Waals surface area (Å²) in [7, 11) is 0. The zero-order chi connectivity index (χ0) is 18.4. The molecular weight excluding hydrogens is 350 g/mol. The lowest BCUT2D eigenvalue weighted by Gasteiger charge is -2.13. The van der Waals surface area contributed by atoms with Gasteiger partial charge in [0.1, 0.15) is 6.26 Å². The number of hydrogen-bond acceptors (Lipinski definition) is 5. The van der Waals surface area contributed by atoms with Gasteiger partial charge in [-0.2, -0.15) is 0 Å². The van der Waals surface area contributed by atoms with Crippen molar-refractivity contribution in [3.05, 3.63) is 65.4 Å². The van der Waals surface area contributed by atoms with Gasteiger partial charge in [0.15, 0.2) is 0 Å². The summed E-state index contributed by atoms with van der Waals surface area (Å²) >= 11 is 1.54.